The van der Waals surface area contributed by atoms with Crippen molar-refractivity contribution in [2.75, 3.05) is 20.1 Å². The van der Waals surface area contributed by atoms with E-state index in [1.807, 2.05) is 19.2 Å². The van der Waals surface area contributed by atoms with Crippen LogP contribution >= 0.6 is 0 Å². The SMILES string of the molecule is CN1CC[C@]23c4c5ccc(CO)c4O[C@H]2C(OC(=O)[C@H](Cc2cn(C(=O)OC(C)(C)C)cn2)NC(=O)CCNC(=O)OC(C)(C)C)=CC[C@@]3(O)[C@H]1C5. The van der Waals surface area contributed by atoms with Gasteiger partial charge in [0.2, 0.25) is 5.91 Å². The molecule has 2 bridgehead atoms. The molecule has 0 unspecified atom stereocenters. The van der Waals surface area contributed by atoms with E-state index in [9.17, 15) is 29.4 Å². The van der Waals surface area contributed by atoms with Crippen molar-refractivity contribution in [2.45, 2.75) is 121 Å². The number of esters is 1. The maximum atomic E-state index is 14.1. The zero-order valence-electron chi connectivity index (χ0n) is 30.8. The molecule has 5 atom stereocenters. The summed E-state index contributed by atoms with van der Waals surface area (Å²) < 4.78 is 24.5. The number of imidazole rings is 1. The fourth-order valence-electron chi connectivity index (χ4n) is 7.96. The Labute approximate surface area is 302 Å². The fraction of sp³-hybridized carbons (Fsp3) is 0.595. The van der Waals surface area contributed by atoms with Gasteiger partial charge in [0.05, 0.1) is 23.3 Å². The average Bonchev–Trinajstić information content (AvgIpc) is 3.65. The van der Waals surface area contributed by atoms with Gasteiger partial charge in [0, 0.05) is 49.2 Å². The predicted molar refractivity (Wildman–Crippen MR) is 185 cm³/mol. The quantitative estimate of drug-likeness (QED) is 0.219. The number of likely N-dealkylation sites (tertiary alicyclic amines) is 1. The van der Waals surface area contributed by atoms with Crippen molar-refractivity contribution in [3.63, 3.8) is 0 Å². The number of likely N-dealkylation sites (N-methyl/N-ethyl adjacent to an activating group) is 1. The Morgan fingerprint density at radius 2 is 1.85 bits per heavy atom. The van der Waals surface area contributed by atoms with Crippen LogP contribution in [0.3, 0.4) is 0 Å². The summed E-state index contributed by atoms with van der Waals surface area (Å²) in [6.45, 7) is 10.7. The van der Waals surface area contributed by atoms with Gasteiger partial charge < -0.3 is 44.7 Å². The van der Waals surface area contributed by atoms with Gasteiger partial charge in [0.15, 0.2) is 6.10 Å². The number of piperidine rings is 1. The first-order valence-electron chi connectivity index (χ1n) is 17.6. The summed E-state index contributed by atoms with van der Waals surface area (Å²) in [7, 11) is 1.99. The first kappa shape index (κ1) is 37.3. The molecule has 1 saturated heterocycles. The minimum Gasteiger partial charge on any atom is -0.481 e. The molecule has 52 heavy (non-hydrogen) atoms. The van der Waals surface area contributed by atoms with E-state index in [4.69, 9.17) is 18.9 Å². The predicted octanol–water partition coefficient (Wildman–Crippen LogP) is 2.62. The number of carbonyl (C=O) groups is 4. The Balaban J connectivity index is 1.25. The Kier molecular flexibility index (Phi) is 9.68. The molecule has 0 saturated carbocycles. The van der Waals surface area contributed by atoms with Gasteiger partial charge in [0.25, 0.3) is 0 Å². The lowest BCUT2D eigenvalue weighted by molar-refractivity contribution is -0.170. The van der Waals surface area contributed by atoms with Crippen LogP contribution in [-0.2, 0) is 48.7 Å². The van der Waals surface area contributed by atoms with E-state index in [0.29, 0.717) is 36.4 Å². The van der Waals surface area contributed by atoms with E-state index in [1.165, 1.54) is 12.5 Å². The third kappa shape index (κ3) is 6.88. The highest BCUT2D eigenvalue weighted by molar-refractivity contribution is 5.85. The first-order valence-corrected chi connectivity index (χ1v) is 17.6. The summed E-state index contributed by atoms with van der Waals surface area (Å²) in [6, 6.07) is 2.34. The molecular formula is C37H49N5O10. The Morgan fingerprint density at radius 3 is 2.54 bits per heavy atom. The van der Waals surface area contributed by atoms with Crippen LogP contribution in [0.4, 0.5) is 9.59 Å². The standard InChI is InChI=1S/C37H49N5O10/c1-34(2,3)51-32(46)38-14-11-27(44)40-24(17-23-18-42(20-39-23)33(47)52-35(4,5)6)31(45)49-25-10-12-37(48)26-16-21-8-9-22(19-43)29-28(21)36(37,30(25)50-29)13-15-41(26)7/h8-10,18,20,24,26,30,43,48H,11-17,19H2,1-7H3,(H,38,46)(H,40,44)/t24-,26+,30-,36-,37+/m0/s1. The van der Waals surface area contributed by atoms with Crippen LogP contribution < -0.4 is 15.4 Å². The van der Waals surface area contributed by atoms with Crippen molar-refractivity contribution < 1.29 is 48.3 Å². The first-order chi connectivity index (χ1) is 24.3. The smallest absolute Gasteiger partial charge is 0.419 e. The van der Waals surface area contributed by atoms with Crippen molar-refractivity contribution in [2.24, 2.45) is 0 Å². The largest absolute Gasteiger partial charge is 0.481 e. The lowest BCUT2D eigenvalue weighted by atomic mass is 9.50. The van der Waals surface area contributed by atoms with Gasteiger partial charge in [-0.15, -0.1) is 0 Å². The van der Waals surface area contributed by atoms with Crippen molar-refractivity contribution in [1.82, 2.24) is 25.1 Å². The molecule has 2 aliphatic heterocycles. The zero-order valence-corrected chi connectivity index (χ0v) is 30.8. The monoisotopic (exact) mass is 723 g/mol. The molecule has 3 heterocycles. The lowest BCUT2D eigenvalue weighted by Crippen LogP contribution is -2.74. The minimum absolute atomic E-state index is 0.0542. The van der Waals surface area contributed by atoms with Gasteiger partial charge in [-0.25, -0.2) is 23.9 Å². The number of carbonyl (C=O) groups excluding carboxylic acids is 4. The topological polar surface area (TPSA) is 191 Å². The number of aromatic nitrogens is 2. The van der Waals surface area contributed by atoms with E-state index in [-0.39, 0.29) is 44.2 Å². The molecule has 15 nitrogen and oxygen atoms in total. The number of hydrogen-bond donors (Lipinski definition) is 4. The van der Waals surface area contributed by atoms with Crippen LogP contribution in [0.1, 0.15) is 83.2 Å². The van der Waals surface area contributed by atoms with Crippen LogP contribution in [0.15, 0.2) is 36.5 Å². The second kappa shape index (κ2) is 13.5. The third-order valence-electron chi connectivity index (χ3n) is 10.1. The number of ether oxygens (including phenoxy) is 4. The maximum Gasteiger partial charge on any atom is 0.419 e. The number of rotatable bonds is 9. The second-order valence-corrected chi connectivity index (χ2v) is 16.1. The van der Waals surface area contributed by atoms with Gasteiger partial charge in [-0.1, -0.05) is 12.1 Å². The molecule has 4 aliphatic rings. The van der Waals surface area contributed by atoms with Crippen molar-refractivity contribution >= 4 is 24.1 Å². The van der Waals surface area contributed by atoms with E-state index in [1.54, 1.807) is 47.6 Å². The molecule has 2 amide bonds. The summed E-state index contributed by atoms with van der Waals surface area (Å²) in [5, 5.41) is 28.0. The highest BCUT2D eigenvalue weighted by Gasteiger charge is 2.72. The number of aliphatic hydroxyl groups is 2. The van der Waals surface area contributed by atoms with Crippen LogP contribution in [-0.4, -0.2) is 104 Å². The Morgan fingerprint density at radius 1 is 1.12 bits per heavy atom. The maximum absolute atomic E-state index is 14.1. The van der Waals surface area contributed by atoms with Gasteiger partial charge in [-0.05, 0) is 79.6 Å². The summed E-state index contributed by atoms with van der Waals surface area (Å²) >= 11 is 0. The molecule has 6 rings (SSSR count). The molecule has 1 aromatic carbocycles. The Hall–Kier alpha value is -4.47. The minimum atomic E-state index is -1.26. The number of hydrogen-bond acceptors (Lipinski definition) is 12. The number of nitrogens with zero attached hydrogens (tertiary/aromatic N) is 3. The third-order valence-corrected chi connectivity index (χ3v) is 10.1. The highest BCUT2D eigenvalue weighted by atomic mass is 16.6. The molecule has 1 fully saturated rings. The van der Waals surface area contributed by atoms with E-state index in [0.717, 1.165) is 15.7 Å². The number of nitrogens with one attached hydrogen (secondary N) is 2. The van der Waals surface area contributed by atoms with Gasteiger partial charge in [-0.3, -0.25) is 4.79 Å². The normalized spacial score (nSPS) is 25.2. The van der Waals surface area contributed by atoms with Crippen LogP contribution in [0.5, 0.6) is 5.75 Å². The van der Waals surface area contributed by atoms with Crippen LogP contribution in [0.25, 0.3) is 0 Å². The van der Waals surface area contributed by atoms with E-state index in [2.05, 4.69) is 20.5 Å². The van der Waals surface area contributed by atoms with Crippen molar-refractivity contribution in [3.05, 3.63) is 58.9 Å². The van der Waals surface area contributed by atoms with Crippen molar-refractivity contribution in [1.29, 1.82) is 0 Å². The highest BCUT2D eigenvalue weighted by Crippen LogP contribution is 2.64. The van der Waals surface area contributed by atoms with Gasteiger partial charge >= 0.3 is 18.2 Å². The van der Waals surface area contributed by atoms with E-state index >= 15 is 0 Å². The lowest BCUT2D eigenvalue weighted by Gasteiger charge is -2.61. The second-order valence-electron chi connectivity index (χ2n) is 16.1. The Bertz CT molecular complexity index is 1790. The fourth-order valence-corrected chi connectivity index (χ4v) is 7.96. The zero-order chi connectivity index (χ0) is 37.8. The summed E-state index contributed by atoms with van der Waals surface area (Å²) in [5.41, 5.74) is -0.860. The molecular weight excluding hydrogens is 674 g/mol. The van der Waals surface area contributed by atoms with Gasteiger partial charge in [-0.2, -0.15) is 0 Å². The molecule has 2 aliphatic carbocycles. The molecule has 1 aromatic heterocycles. The number of amides is 2. The number of benzene rings is 1. The molecule has 4 N–H and O–H groups in total. The molecule has 1 spiro atoms. The summed E-state index contributed by atoms with van der Waals surface area (Å²) in [5.74, 6) is -0.653. The van der Waals surface area contributed by atoms with Gasteiger partial charge in [0.1, 0.15) is 35.1 Å². The van der Waals surface area contributed by atoms with E-state index < -0.39 is 58.4 Å². The van der Waals surface area contributed by atoms with Crippen molar-refractivity contribution in [3.8, 4) is 5.75 Å². The molecule has 0 radical (unpaired) electrons. The molecule has 282 valence electrons. The average molecular weight is 724 g/mol. The molecule has 15 heteroatoms. The number of alkyl carbamates (subject to hydrolysis) is 1. The summed E-state index contributed by atoms with van der Waals surface area (Å²) in [4.78, 5) is 58.5. The summed E-state index contributed by atoms with van der Waals surface area (Å²) in [6.07, 6.45) is 3.17. The van der Waals surface area contributed by atoms with Crippen LogP contribution in [0.2, 0.25) is 0 Å². The number of aliphatic hydroxyl groups excluding tert-OH is 1. The molecule has 2 aromatic rings. The van der Waals surface area contributed by atoms with Crippen LogP contribution in [0, 0.1) is 0 Å².